The summed E-state index contributed by atoms with van der Waals surface area (Å²) in [5, 5.41) is 0. The van der Waals surface area contributed by atoms with Gasteiger partial charge >= 0.3 is 164 Å². The number of benzene rings is 2. The molecule has 3 rings (SSSR count). The summed E-state index contributed by atoms with van der Waals surface area (Å²) in [5.41, 5.74) is 12.6. The summed E-state index contributed by atoms with van der Waals surface area (Å²) in [5.74, 6) is 0. The van der Waals surface area contributed by atoms with Crippen molar-refractivity contribution in [3.05, 3.63) is 81.4 Å². The maximum atomic E-state index is 2.40. The van der Waals surface area contributed by atoms with Crippen LogP contribution in [-0.4, -0.2) is 0 Å². The van der Waals surface area contributed by atoms with Crippen molar-refractivity contribution >= 4 is 11.3 Å². The van der Waals surface area contributed by atoms with Crippen LogP contribution in [0.1, 0.15) is 48.1 Å². The SMILES string of the molecule is CC1=CCC(c2ccccc2C[N]([Ti+2])c2c(C)cc(C)cc2C)=C1C.[Cl-].[Cl-]. The number of aryl methyl sites for hydroxylation is 3. The third-order valence-corrected chi connectivity index (χ3v) is 5.83. The molecule has 0 amide bonds. The van der Waals surface area contributed by atoms with Crippen LogP contribution in [0.3, 0.4) is 0 Å². The van der Waals surface area contributed by atoms with Crippen LogP contribution >= 0.6 is 0 Å². The molecule has 1 aliphatic rings. The molecular weight excluding hydrogens is 409 g/mol. The van der Waals surface area contributed by atoms with E-state index in [4.69, 9.17) is 0 Å². The van der Waals surface area contributed by atoms with E-state index in [1.807, 2.05) is 0 Å². The molecule has 141 valence electrons. The third kappa shape index (κ3) is 5.09. The predicted molar refractivity (Wildman–Crippen MR) is 104 cm³/mol. The molecule has 1 aliphatic carbocycles. The number of hydrogen-bond acceptors (Lipinski definition) is 1. The molecule has 1 nitrogen and oxygen atoms in total. The fourth-order valence-corrected chi connectivity index (χ4v) is 4.73. The molecule has 0 bridgehead atoms. The van der Waals surface area contributed by atoms with E-state index >= 15 is 0 Å². The van der Waals surface area contributed by atoms with E-state index in [1.54, 1.807) is 0 Å². The van der Waals surface area contributed by atoms with Crippen molar-refractivity contribution in [1.82, 2.24) is 0 Å². The first-order valence-corrected chi connectivity index (χ1v) is 9.60. The monoisotopic (exact) mass is 434 g/mol. The van der Waals surface area contributed by atoms with Crippen molar-refractivity contribution in [1.29, 1.82) is 0 Å². The number of halogens is 2. The molecule has 0 heterocycles. The Hall–Kier alpha value is -0.986. The Balaban J connectivity index is 0.00000182. The smallest absolute Gasteiger partial charge is 1.00 e. The number of hydrogen-bond donors (Lipinski definition) is 0. The van der Waals surface area contributed by atoms with Crippen molar-refractivity contribution in [2.24, 2.45) is 0 Å². The number of anilines is 1. The minimum atomic E-state index is 0. The molecule has 0 spiro atoms. The topological polar surface area (TPSA) is 3.24 Å². The van der Waals surface area contributed by atoms with Gasteiger partial charge in [0.1, 0.15) is 0 Å². The molecule has 2 aromatic rings. The van der Waals surface area contributed by atoms with E-state index in [1.165, 1.54) is 50.2 Å². The van der Waals surface area contributed by atoms with E-state index < -0.39 is 0 Å². The van der Waals surface area contributed by atoms with Crippen molar-refractivity contribution in [3.63, 3.8) is 0 Å². The molecule has 4 heteroatoms. The van der Waals surface area contributed by atoms with Gasteiger partial charge in [0.2, 0.25) is 0 Å². The van der Waals surface area contributed by atoms with Crippen LogP contribution in [0.25, 0.3) is 5.57 Å². The summed E-state index contributed by atoms with van der Waals surface area (Å²) in [6.45, 7) is 12.0. The van der Waals surface area contributed by atoms with Gasteiger partial charge in [-0.25, -0.2) is 0 Å². The Morgan fingerprint density at radius 2 is 1.52 bits per heavy atom. The zero-order valence-electron chi connectivity index (χ0n) is 16.7. The second kappa shape index (κ2) is 9.98. The molecule has 2 aromatic carbocycles. The van der Waals surface area contributed by atoms with Crippen molar-refractivity contribution in [2.75, 3.05) is 3.38 Å². The van der Waals surface area contributed by atoms with Crippen LogP contribution in [0.15, 0.2) is 53.6 Å². The van der Waals surface area contributed by atoms with Crippen LogP contribution < -0.4 is 28.2 Å². The van der Waals surface area contributed by atoms with Crippen molar-refractivity contribution in [2.45, 2.75) is 47.6 Å². The summed E-state index contributed by atoms with van der Waals surface area (Å²) in [4.78, 5) is 0. The van der Waals surface area contributed by atoms with E-state index in [2.05, 4.69) is 101 Å². The number of allylic oxidation sites excluding steroid dienone is 4. The standard InChI is InChI=1S/C23H26N.2ClH.Ti/c1-15-12-17(3)23(18(4)13-15)24-14-20-8-6-7-9-22(20)21-11-10-16(2)19(21)5;;;/h6-10,12-13H,11,14H2,1-5H3;2*1H;/q-1;;;+3/p-2. The fourth-order valence-electron chi connectivity index (χ4n) is 3.91. The largest absolute Gasteiger partial charge is 1.00 e. The normalized spacial score (nSPS) is 13.1. The van der Waals surface area contributed by atoms with Crippen LogP contribution in [0.5, 0.6) is 0 Å². The Bertz CT molecular complexity index is 861. The molecule has 0 fully saturated rings. The van der Waals surface area contributed by atoms with E-state index in [9.17, 15) is 0 Å². The summed E-state index contributed by atoms with van der Waals surface area (Å²) >= 11 is 2.21. The second-order valence-corrected chi connectivity index (χ2v) is 8.03. The van der Waals surface area contributed by atoms with Gasteiger partial charge in [-0.2, -0.15) is 0 Å². The second-order valence-electron chi connectivity index (χ2n) is 7.19. The molecule has 0 saturated heterocycles. The third-order valence-electron chi connectivity index (χ3n) is 5.23. The Kier molecular flexibility index (Phi) is 8.89. The van der Waals surface area contributed by atoms with Crippen molar-refractivity contribution < 1.29 is 45.5 Å². The maximum Gasteiger partial charge on any atom is -1.00 e. The molecule has 0 aliphatic heterocycles. The first-order chi connectivity index (χ1) is 11.9. The summed E-state index contributed by atoms with van der Waals surface area (Å²) in [7, 11) is 0. The minimum Gasteiger partial charge on any atom is -1.00 e. The van der Waals surface area contributed by atoms with Crippen LogP contribution in [0.2, 0.25) is 0 Å². The van der Waals surface area contributed by atoms with E-state index in [-0.39, 0.29) is 24.8 Å². The Morgan fingerprint density at radius 3 is 2.07 bits per heavy atom. The molecule has 27 heavy (non-hydrogen) atoms. The van der Waals surface area contributed by atoms with E-state index in [0.29, 0.717) is 0 Å². The summed E-state index contributed by atoms with van der Waals surface area (Å²) < 4.78 is 2.40. The Morgan fingerprint density at radius 1 is 0.926 bits per heavy atom. The fraction of sp³-hybridized carbons (Fsp3) is 0.304. The summed E-state index contributed by atoms with van der Waals surface area (Å²) in [6.07, 6.45) is 3.40. The van der Waals surface area contributed by atoms with Gasteiger partial charge < -0.3 is 24.8 Å². The van der Waals surface area contributed by atoms with Gasteiger partial charge in [0.25, 0.3) is 0 Å². The van der Waals surface area contributed by atoms with Gasteiger partial charge in [-0.05, 0) is 0 Å². The maximum absolute atomic E-state index is 2.40. The van der Waals surface area contributed by atoms with Gasteiger partial charge in [0, 0.05) is 0 Å². The van der Waals surface area contributed by atoms with Gasteiger partial charge in [-0.15, -0.1) is 0 Å². The van der Waals surface area contributed by atoms with Gasteiger partial charge in [-0.1, -0.05) is 0 Å². The van der Waals surface area contributed by atoms with Crippen molar-refractivity contribution in [3.8, 4) is 0 Å². The number of nitrogens with zero attached hydrogens (tertiary/aromatic N) is 1. The molecule has 0 unspecified atom stereocenters. The molecule has 0 aromatic heterocycles. The zero-order chi connectivity index (χ0) is 18.1. The quantitative estimate of drug-likeness (QED) is 0.622. The van der Waals surface area contributed by atoms with Crippen LogP contribution in [0.4, 0.5) is 5.69 Å². The average Bonchev–Trinajstić information content (AvgIpc) is 2.86. The molecule has 0 atom stereocenters. The molecule has 0 N–H and O–H groups in total. The average molecular weight is 435 g/mol. The van der Waals surface area contributed by atoms with Gasteiger partial charge in [0.15, 0.2) is 0 Å². The molecular formula is C23H26Cl2NTi. The van der Waals surface area contributed by atoms with Gasteiger partial charge in [0.05, 0.1) is 0 Å². The van der Waals surface area contributed by atoms with Crippen LogP contribution in [0, 0.1) is 20.8 Å². The molecule has 0 radical (unpaired) electrons. The Labute approximate surface area is 188 Å². The minimum absolute atomic E-state index is 0. The van der Waals surface area contributed by atoms with E-state index in [0.717, 1.165) is 13.0 Å². The predicted octanol–water partition coefficient (Wildman–Crippen LogP) is 0.212. The summed E-state index contributed by atoms with van der Waals surface area (Å²) in [6, 6.07) is 13.4. The first kappa shape index (κ1) is 24.1. The van der Waals surface area contributed by atoms with Crippen LogP contribution in [-0.2, 0) is 27.2 Å². The molecule has 0 saturated carbocycles. The van der Waals surface area contributed by atoms with Gasteiger partial charge in [-0.3, -0.25) is 0 Å². The zero-order valence-corrected chi connectivity index (χ0v) is 19.7. The number of rotatable bonds is 4. The first-order valence-electron chi connectivity index (χ1n) is 8.90.